The quantitative estimate of drug-likeness (QED) is 0.713. The fraction of sp³-hybridized carbons (Fsp3) is 0.611. The first kappa shape index (κ1) is 19.3. The number of sulfonamides is 1. The van der Waals surface area contributed by atoms with E-state index >= 15 is 0 Å². The van der Waals surface area contributed by atoms with Crippen molar-refractivity contribution in [3.8, 4) is 0 Å². The molecule has 0 atom stereocenters. The molecule has 144 valence electrons. The van der Waals surface area contributed by atoms with E-state index in [9.17, 15) is 13.2 Å². The summed E-state index contributed by atoms with van der Waals surface area (Å²) in [7, 11) is -3.37. The molecule has 0 radical (unpaired) electrons. The largest absolute Gasteiger partial charge is 0.379 e. The Morgan fingerprint density at radius 1 is 0.962 bits per heavy atom. The smallest absolute Gasteiger partial charge is 0.223 e. The van der Waals surface area contributed by atoms with Crippen molar-refractivity contribution in [1.82, 2.24) is 14.1 Å². The van der Waals surface area contributed by atoms with E-state index in [1.165, 1.54) is 9.87 Å². The van der Waals surface area contributed by atoms with E-state index in [2.05, 4.69) is 17.0 Å². The summed E-state index contributed by atoms with van der Waals surface area (Å²) in [4.78, 5) is 16.5. The standard InChI is InChI=1S/C18H27N3O4S/c22-18(6-15-26(23,24)21-11-13-25-14-12-21)20-9-7-19(8-10-20)16-17-4-2-1-3-5-17/h1-5H,6-16H2. The lowest BCUT2D eigenvalue weighted by Crippen LogP contribution is -2.49. The second kappa shape index (κ2) is 8.94. The van der Waals surface area contributed by atoms with Crippen molar-refractivity contribution in [2.24, 2.45) is 0 Å². The maximum Gasteiger partial charge on any atom is 0.223 e. The number of piperazine rings is 1. The molecule has 0 saturated carbocycles. The first-order valence-corrected chi connectivity index (χ1v) is 10.8. The lowest BCUT2D eigenvalue weighted by Gasteiger charge is -2.35. The number of rotatable bonds is 6. The fourth-order valence-corrected chi connectivity index (χ4v) is 4.72. The van der Waals surface area contributed by atoms with Crippen molar-refractivity contribution in [1.29, 1.82) is 0 Å². The molecular weight excluding hydrogens is 354 g/mol. The molecule has 0 bridgehead atoms. The number of ether oxygens (including phenoxy) is 1. The summed E-state index contributed by atoms with van der Waals surface area (Å²) in [6.45, 7) is 5.45. The summed E-state index contributed by atoms with van der Waals surface area (Å²) in [6, 6.07) is 10.3. The van der Waals surface area contributed by atoms with Crippen LogP contribution in [0.5, 0.6) is 0 Å². The van der Waals surface area contributed by atoms with Crippen LogP contribution in [-0.4, -0.2) is 86.7 Å². The van der Waals surface area contributed by atoms with Crippen molar-refractivity contribution >= 4 is 15.9 Å². The molecule has 0 aromatic heterocycles. The van der Waals surface area contributed by atoms with Crippen LogP contribution in [0.3, 0.4) is 0 Å². The molecule has 2 fully saturated rings. The highest BCUT2D eigenvalue weighted by atomic mass is 32.2. The first-order chi connectivity index (χ1) is 12.5. The van der Waals surface area contributed by atoms with Crippen LogP contribution in [0, 0.1) is 0 Å². The van der Waals surface area contributed by atoms with Gasteiger partial charge in [-0.05, 0) is 5.56 Å². The van der Waals surface area contributed by atoms with Gasteiger partial charge in [0, 0.05) is 52.2 Å². The van der Waals surface area contributed by atoms with Crippen molar-refractivity contribution < 1.29 is 17.9 Å². The zero-order valence-electron chi connectivity index (χ0n) is 15.0. The molecule has 1 aromatic rings. The van der Waals surface area contributed by atoms with Crippen molar-refractivity contribution in [2.45, 2.75) is 13.0 Å². The van der Waals surface area contributed by atoms with Crippen LogP contribution >= 0.6 is 0 Å². The van der Waals surface area contributed by atoms with Crippen LogP contribution in [-0.2, 0) is 26.1 Å². The summed E-state index contributed by atoms with van der Waals surface area (Å²) >= 11 is 0. The number of nitrogens with zero attached hydrogens (tertiary/aromatic N) is 3. The van der Waals surface area contributed by atoms with E-state index in [4.69, 9.17) is 4.74 Å². The Kier molecular flexibility index (Phi) is 6.63. The molecule has 2 aliphatic rings. The normalized spacial score (nSPS) is 20.2. The van der Waals surface area contributed by atoms with Gasteiger partial charge in [0.1, 0.15) is 0 Å². The maximum absolute atomic E-state index is 12.4. The Morgan fingerprint density at radius 3 is 2.27 bits per heavy atom. The maximum atomic E-state index is 12.4. The van der Waals surface area contributed by atoms with Crippen molar-refractivity contribution in [2.75, 3.05) is 58.2 Å². The number of hydrogen-bond donors (Lipinski definition) is 0. The molecule has 8 heteroatoms. The predicted octanol–water partition coefficient (Wildman–Crippen LogP) is 0.383. The minimum atomic E-state index is -3.37. The molecule has 1 aromatic carbocycles. The topological polar surface area (TPSA) is 70.2 Å². The number of carbonyl (C=O) groups is 1. The third-order valence-electron chi connectivity index (χ3n) is 4.91. The molecule has 0 N–H and O–H groups in total. The molecule has 0 spiro atoms. The minimum absolute atomic E-state index is 0.0539. The summed E-state index contributed by atoms with van der Waals surface area (Å²) in [5.41, 5.74) is 1.27. The lowest BCUT2D eigenvalue weighted by atomic mass is 10.2. The van der Waals surface area contributed by atoms with Crippen LogP contribution < -0.4 is 0 Å². The molecule has 2 aliphatic heterocycles. The third kappa shape index (κ3) is 5.26. The molecule has 26 heavy (non-hydrogen) atoms. The van der Waals surface area contributed by atoms with Crippen LogP contribution in [0.1, 0.15) is 12.0 Å². The Labute approximate surface area is 155 Å². The average Bonchev–Trinajstić information content (AvgIpc) is 2.68. The number of benzene rings is 1. The Bertz CT molecular complexity index is 682. The van der Waals surface area contributed by atoms with Gasteiger partial charge in [0.25, 0.3) is 0 Å². The van der Waals surface area contributed by atoms with Crippen molar-refractivity contribution in [3.05, 3.63) is 35.9 Å². The second-order valence-corrected chi connectivity index (χ2v) is 8.81. The molecule has 7 nitrogen and oxygen atoms in total. The highest BCUT2D eigenvalue weighted by Crippen LogP contribution is 2.11. The Hall–Kier alpha value is -1.48. The van der Waals surface area contributed by atoms with Gasteiger partial charge in [-0.15, -0.1) is 0 Å². The van der Waals surface area contributed by atoms with Crippen LogP contribution in [0.15, 0.2) is 30.3 Å². The van der Waals surface area contributed by atoms with Gasteiger partial charge in [-0.1, -0.05) is 30.3 Å². The van der Waals surface area contributed by atoms with Gasteiger partial charge < -0.3 is 9.64 Å². The van der Waals surface area contributed by atoms with Crippen LogP contribution in [0.2, 0.25) is 0 Å². The summed E-state index contributed by atoms with van der Waals surface area (Å²) in [5.74, 6) is -0.183. The third-order valence-corrected chi connectivity index (χ3v) is 6.78. The van der Waals surface area contributed by atoms with E-state index in [0.29, 0.717) is 39.4 Å². The number of carbonyl (C=O) groups excluding carboxylic acids is 1. The first-order valence-electron chi connectivity index (χ1n) is 9.14. The highest BCUT2D eigenvalue weighted by molar-refractivity contribution is 7.89. The molecule has 1 amide bonds. The van der Waals surface area contributed by atoms with E-state index < -0.39 is 10.0 Å². The van der Waals surface area contributed by atoms with Crippen LogP contribution in [0.25, 0.3) is 0 Å². The SMILES string of the molecule is O=C(CCS(=O)(=O)N1CCOCC1)N1CCN(Cc2ccccc2)CC1. The Balaban J connectivity index is 1.42. The summed E-state index contributed by atoms with van der Waals surface area (Å²) in [6.07, 6.45) is 0.0539. The molecule has 2 saturated heterocycles. The zero-order chi connectivity index (χ0) is 18.4. The Morgan fingerprint density at radius 2 is 1.62 bits per heavy atom. The number of amides is 1. The molecule has 0 aliphatic carbocycles. The fourth-order valence-electron chi connectivity index (χ4n) is 3.33. The summed E-state index contributed by atoms with van der Waals surface area (Å²) in [5, 5.41) is 0. The van der Waals surface area contributed by atoms with E-state index in [1.807, 2.05) is 18.2 Å². The number of morpholine rings is 1. The lowest BCUT2D eigenvalue weighted by molar-refractivity contribution is -0.132. The highest BCUT2D eigenvalue weighted by Gasteiger charge is 2.27. The van der Waals surface area contributed by atoms with Gasteiger partial charge in [0.05, 0.1) is 19.0 Å². The molecule has 0 unspecified atom stereocenters. The second-order valence-electron chi connectivity index (χ2n) is 6.72. The summed E-state index contributed by atoms with van der Waals surface area (Å²) < 4.78 is 31.3. The van der Waals surface area contributed by atoms with Gasteiger partial charge in [0.2, 0.25) is 15.9 Å². The molecular formula is C18H27N3O4S. The van der Waals surface area contributed by atoms with E-state index in [0.717, 1.165) is 19.6 Å². The number of hydrogen-bond acceptors (Lipinski definition) is 5. The van der Waals surface area contributed by atoms with Gasteiger partial charge in [0.15, 0.2) is 0 Å². The minimum Gasteiger partial charge on any atom is -0.379 e. The van der Waals surface area contributed by atoms with Gasteiger partial charge >= 0.3 is 0 Å². The zero-order valence-corrected chi connectivity index (χ0v) is 15.9. The van der Waals surface area contributed by atoms with Crippen molar-refractivity contribution in [3.63, 3.8) is 0 Å². The van der Waals surface area contributed by atoms with E-state index in [-0.39, 0.29) is 18.1 Å². The molecule has 3 rings (SSSR count). The van der Waals surface area contributed by atoms with Crippen LogP contribution in [0.4, 0.5) is 0 Å². The van der Waals surface area contributed by atoms with Gasteiger partial charge in [-0.2, -0.15) is 4.31 Å². The average molecular weight is 381 g/mol. The van der Waals surface area contributed by atoms with Gasteiger partial charge in [-0.3, -0.25) is 9.69 Å². The molecule has 2 heterocycles. The monoisotopic (exact) mass is 381 g/mol. The van der Waals surface area contributed by atoms with Gasteiger partial charge in [-0.25, -0.2) is 8.42 Å². The van der Waals surface area contributed by atoms with E-state index in [1.54, 1.807) is 4.90 Å². The predicted molar refractivity (Wildman–Crippen MR) is 99.1 cm³/mol.